The van der Waals surface area contributed by atoms with Gasteiger partial charge in [-0.1, -0.05) is 23.7 Å². The number of anilines is 1. The van der Waals surface area contributed by atoms with Crippen LogP contribution in [-0.4, -0.2) is 17.5 Å². The van der Waals surface area contributed by atoms with Crippen LogP contribution < -0.4 is 5.43 Å². The van der Waals surface area contributed by atoms with Crippen LogP contribution in [0.15, 0.2) is 46.5 Å². The quantitative estimate of drug-likeness (QED) is 0.485. The lowest BCUT2D eigenvalue weighted by Crippen LogP contribution is -2.06. The van der Waals surface area contributed by atoms with Crippen LogP contribution in [0.2, 0.25) is 5.02 Å². The first-order valence-electron chi connectivity index (χ1n) is 6.06. The molecule has 0 spiro atoms. The number of pyridine rings is 1. The Kier molecular flexibility index (Phi) is 5.31. The normalized spacial score (nSPS) is 11.9. The maximum Gasteiger partial charge on any atom is 0.417 e. The molecule has 0 atom stereocenters. The van der Waals surface area contributed by atoms with Crippen molar-refractivity contribution < 1.29 is 13.2 Å². The summed E-state index contributed by atoms with van der Waals surface area (Å²) in [6.07, 6.45) is -0.267. The summed E-state index contributed by atoms with van der Waals surface area (Å²) in [5, 5.41) is 3.76. The molecule has 3 nitrogen and oxygen atoms in total. The van der Waals surface area contributed by atoms with Crippen molar-refractivity contribution in [3.05, 3.63) is 52.7 Å². The van der Waals surface area contributed by atoms with Crippen molar-refractivity contribution >= 4 is 35.4 Å². The highest BCUT2D eigenvalue weighted by Gasteiger charge is 2.31. The summed E-state index contributed by atoms with van der Waals surface area (Å²) in [5.41, 5.74) is 2.46. The molecule has 1 heterocycles. The van der Waals surface area contributed by atoms with Gasteiger partial charge in [0.15, 0.2) is 5.82 Å². The average molecular weight is 346 g/mol. The van der Waals surface area contributed by atoms with Gasteiger partial charge in [0.05, 0.1) is 16.8 Å². The molecule has 8 heteroatoms. The number of aromatic nitrogens is 1. The number of hydrogen-bond donors (Lipinski definition) is 1. The first-order valence-corrected chi connectivity index (χ1v) is 7.66. The van der Waals surface area contributed by atoms with Crippen molar-refractivity contribution in [2.45, 2.75) is 11.1 Å². The van der Waals surface area contributed by atoms with E-state index in [1.165, 1.54) is 6.21 Å². The molecule has 0 fully saturated rings. The molecule has 0 saturated heterocycles. The summed E-state index contributed by atoms with van der Waals surface area (Å²) in [4.78, 5) is 4.75. The number of halogens is 4. The van der Waals surface area contributed by atoms with Crippen molar-refractivity contribution in [1.82, 2.24) is 4.98 Å². The number of hydrogen-bond acceptors (Lipinski definition) is 4. The van der Waals surface area contributed by atoms with Gasteiger partial charge in [-0.15, -0.1) is 11.8 Å². The molecule has 0 unspecified atom stereocenters. The van der Waals surface area contributed by atoms with Gasteiger partial charge >= 0.3 is 6.18 Å². The molecular weight excluding hydrogens is 335 g/mol. The smallest absolute Gasteiger partial charge is 0.260 e. The van der Waals surface area contributed by atoms with Gasteiger partial charge in [0.1, 0.15) is 0 Å². The van der Waals surface area contributed by atoms with Crippen molar-refractivity contribution in [2.24, 2.45) is 5.10 Å². The van der Waals surface area contributed by atoms with Crippen LogP contribution in [0.25, 0.3) is 0 Å². The summed E-state index contributed by atoms with van der Waals surface area (Å²) >= 11 is 7.38. The maximum atomic E-state index is 12.5. The van der Waals surface area contributed by atoms with Crippen LogP contribution in [0.1, 0.15) is 11.1 Å². The number of thioether (sulfide) groups is 1. The van der Waals surface area contributed by atoms with E-state index in [0.717, 1.165) is 16.5 Å². The van der Waals surface area contributed by atoms with Crippen molar-refractivity contribution in [3.8, 4) is 0 Å². The van der Waals surface area contributed by atoms with Crippen LogP contribution in [-0.2, 0) is 6.18 Å². The maximum absolute atomic E-state index is 12.5. The molecule has 0 aliphatic heterocycles. The van der Waals surface area contributed by atoms with Crippen molar-refractivity contribution in [3.63, 3.8) is 0 Å². The molecule has 0 aliphatic carbocycles. The Morgan fingerprint density at radius 2 is 1.95 bits per heavy atom. The monoisotopic (exact) mass is 345 g/mol. The largest absolute Gasteiger partial charge is 0.417 e. The summed E-state index contributed by atoms with van der Waals surface area (Å²) in [6.45, 7) is 0. The first kappa shape index (κ1) is 16.6. The van der Waals surface area contributed by atoms with E-state index < -0.39 is 11.7 Å². The zero-order chi connectivity index (χ0) is 16.2. The highest BCUT2D eigenvalue weighted by molar-refractivity contribution is 7.98. The Balaban J connectivity index is 2.06. The molecule has 0 radical (unpaired) electrons. The molecule has 0 aliphatic rings. The molecular formula is C14H11ClF3N3S. The van der Waals surface area contributed by atoms with Crippen LogP contribution in [0.4, 0.5) is 19.0 Å². The molecule has 2 aromatic rings. The number of hydrazone groups is 1. The zero-order valence-electron chi connectivity index (χ0n) is 11.4. The standard InChI is InChI=1S/C14H11ClF3N3S/c1-22-11-4-2-9(3-5-11)7-20-21-13-12(15)6-10(8-19-13)14(16,17)18/h2-8H,1H3,(H,19,21). The third-order valence-corrected chi connectivity index (χ3v) is 3.70. The summed E-state index contributed by atoms with van der Waals surface area (Å²) in [6, 6.07) is 8.43. The van der Waals surface area contributed by atoms with Gasteiger partial charge in [-0.25, -0.2) is 4.98 Å². The van der Waals surface area contributed by atoms with Gasteiger partial charge in [0.2, 0.25) is 0 Å². The predicted octanol–water partition coefficient (Wildman–Crippen LogP) is 4.92. The second-order valence-corrected chi connectivity index (χ2v) is 5.48. The molecule has 1 N–H and O–H groups in total. The minimum atomic E-state index is -4.47. The Hall–Kier alpha value is -1.73. The van der Waals surface area contributed by atoms with E-state index in [1.807, 2.05) is 30.5 Å². The van der Waals surface area contributed by atoms with Crippen LogP contribution in [0.5, 0.6) is 0 Å². The molecule has 1 aromatic carbocycles. The summed E-state index contributed by atoms with van der Waals surface area (Å²) < 4.78 is 37.5. The number of benzene rings is 1. The molecule has 2 rings (SSSR count). The summed E-state index contributed by atoms with van der Waals surface area (Å²) in [5.74, 6) is 0.0617. The fourth-order valence-corrected chi connectivity index (χ4v) is 2.15. The molecule has 1 aromatic heterocycles. The predicted molar refractivity (Wildman–Crippen MR) is 83.7 cm³/mol. The van der Waals surface area contributed by atoms with E-state index in [4.69, 9.17) is 11.6 Å². The Morgan fingerprint density at radius 3 is 2.50 bits per heavy atom. The zero-order valence-corrected chi connectivity index (χ0v) is 12.9. The molecule has 116 valence electrons. The second kappa shape index (κ2) is 7.02. The van der Waals surface area contributed by atoms with E-state index in [9.17, 15) is 13.2 Å². The minimum Gasteiger partial charge on any atom is -0.260 e. The fraction of sp³-hybridized carbons (Fsp3) is 0.143. The number of nitrogens with zero attached hydrogens (tertiary/aromatic N) is 2. The third-order valence-electron chi connectivity index (χ3n) is 2.67. The van der Waals surface area contributed by atoms with E-state index in [0.29, 0.717) is 6.20 Å². The van der Waals surface area contributed by atoms with E-state index >= 15 is 0 Å². The van der Waals surface area contributed by atoms with Gasteiger partial charge in [-0.3, -0.25) is 5.43 Å². The lowest BCUT2D eigenvalue weighted by atomic mass is 10.2. The first-order chi connectivity index (χ1) is 10.4. The number of alkyl halides is 3. The lowest BCUT2D eigenvalue weighted by Gasteiger charge is -2.08. The summed E-state index contributed by atoms with van der Waals surface area (Å²) in [7, 11) is 0. The van der Waals surface area contributed by atoms with Gasteiger partial charge in [-0.2, -0.15) is 18.3 Å². The van der Waals surface area contributed by atoms with Gasteiger partial charge in [-0.05, 0) is 30.0 Å². The minimum absolute atomic E-state index is 0.0617. The van der Waals surface area contributed by atoms with Gasteiger partial charge in [0, 0.05) is 11.1 Å². The molecule has 0 amide bonds. The van der Waals surface area contributed by atoms with Crippen LogP contribution in [0, 0.1) is 0 Å². The van der Waals surface area contributed by atoms with E-state index in [2.05, 4.69) is 15.5 Å². The molecule has 0 bridgehead atoms. The van der Waals surface area contributed by atoms with E-state index in [1.54, 1.807) is 11.8 Å². The fourth-order valence-electron chi connectivity index (χ4n) is 1.53. The topological polar surface area (TPSA) is 37.3 Å². The SMILES string of the molecule is CSc1ccc(C=NNc2ncc(C(F)(F)F)cc2Cl)cc1. The Labute approximate surface area is 134 Å². The van der Waals surface area contributed by atoms with Crippen LogP contribution in [0.3, 0.4) is 0 Å². The Morgan fingerprint density at radius 1 is 1.27 bits per heavy atom. The van der Waals surface area contributed by atoms with Crippen molar-refractivity contribution in [1.29, 1.82) is 0 Å². The van der Waals surface area contributed by atoms with E-state index in [-0.39, 0.29) is 10.8 Å². The lowest BCUT2D eigenvalue weighted by molar-refractivity contribution is -0.137. The van der Waals surface area contributed by atoms with Gasteiger partial charge in [0.25, 0.3) is 0 Å². The molecule has 22 heavy (non-hydrogen) atoms. The highest BCUT2D eigenvalue weighted by atomic mass is 35.5. The van der Waals surface area contributed by atoms with Crippen molar-refractivity contribution in [2.75, 3.05) is 11.7 Å². The molecule has 0 saturated carbocycles. The second-order valence-electron chi connectivity index (χ2n) is 4.20. The van der Waals surface area contributed by atoms with Crippen LogP contribution >= 0.6 is 23.4 Å². The highest BCUT2D eigenvalue weighted by Crippen LogP contribution is 2.32. The van der Waals surface area contributed by atoms with Gasteiger partial charge < -0.3 is 0 Å². The average Bonchev–Trinajstić information content (AvgIpc) is 2.48. The number of nitrogens with one attached hydrogen (secondary N) is 1. The third kappa shape index (κ3) is 4.38. The number of rotatable bonds is 4. The Bertz CT molecular complexity index is 672.